The van der Waals surface area contributed by atoms with Crippen molar-refractivity contribution in [3.63, 3.8) is 0 Å². The maximum Gasteiger partial charge on any atom is 0.307 e. The van der Waals surface area contributed by atoms with Crippen LogP contribution in [0.5, 0.6) is 0 Å². The molecule has 0 aromatic heterocycles. The number of aliphatic hydroxyl groups excluding tert-OH is 1. The molecule has 1 N–H and O–H groups in total. The number of amides is 1. The number of thioether (sulfide) groups is 1. The van der Waals surface area contributed by atoms with Gasteiger partial charge in [0.2, 0.25) is 0 Å². The van der Waals surface area contributed by atoms with Gasteiger partial charge in [-0.15, -0.1) is 0 Å². The molecule has 2 atom stereocenters. The minimum Gasteiger partial charge on any atom is -0.465 e. The normalized spacial score (nSPS) is 13.8. The summed E-state index contributed by atoms with van der Waals surface area (Å²) in [5, 5.41) is 10.6. The Labute approximate surface area is 454 Å². The van der Waals surface area contributed by atoms with Gasteiger partial charge in [-0.2, -0.15) is 0 Å². The Hall–Kier alpha value is -2.95. The molecule has 0 saturated carbocycles. The molecule has 0 aromatic rings. The van der Waals surface area contributed by atoms with Crippen molar-refractivity contribution in [3.05, 3.63) is 0 Å². The summed E-state index contributed by atoms with van der Waals surface area (Å²) >= 11 is 1.10. The van der Waals surface area contributed by atoms with E-state index in [9.17, 15) is 33.9 Å². The SMILES string of the molecule is CCCCC(C)(C)CC(=O)OCC(C)(COC(=O)CCN(CCC(=O)OCC(C)(COC(=O)CC(C)(C)CCCC)COC(O)CC(C)(C)CCCC)C(=O)SCCCN(C)C)COC(=O)CC(C)(C)CCCC. The number of aliphatic hydroxyl groups is 1. The van der Waals surface area contributed by atoms with Crippen LogP contribution in [-0.4, -0.2) is 135 Å². The fraction of sp³-hybridized carbons (Fsp3) is 0.897. The number of esters is 5. The van der Waals surface area contributed by atoms with Gasteiger partial charge in [-0.1, -0.05) is 153 Å². The van der Waals surface area contributed by atoms with Gasteiger partial charge in [-0.25, -0.2) is 0 Å². The van der Waals surface area contributed by atoms with Crippen molar-refractivity contribution in [2.75, 3.05) is 79.1 Å². The lowest BCUT2D eigenvalue weighted by Gasteiger charge is -2.32. The second-order valence-electron chi connectivity index (χ2n) is 25.3. The minimum absolute atomic E-state index is 0.0426. The largest absolute Gasteiger partial charge is 0.465 e. The first-order valence-corrected chi connectivity index (χ1v) is 29.0. The third kappa shape index (κ3) is 36.1. The van der Waals surface area contributed by atoms with Crippen molar-refractivity contribution in [1.82, 2.24) is 9.80 Å². The number of rotatable bonds is 43. The second kappa shape index (κ2) is 36.2. The molecule has 0 aliphatic heterocycles. The maximum absolute atomic E-state index is 13.7. The Morgan fingerprint density at radius 3 is 1.12 bits per heavy atom. The van der Waals surface area contributed by atoms with Crippen LogP contribution in [0.3, 0.4) is 0 Å². The molecule has 2 unspecified atom stereocenters. The van der Waals surface area contributed by atoms with Crippen LogP contribution in [0.15, 0.2) is 0 Å². The quantitative estimate of drug-likeness (QED) is 0.0263. The number of carbonyl (C=O) groups is 6. The fourth-order valence-corrected chi connectivity index (χ4v) is 9.00. The van der Waals surface area contributed by atoms with Gasteiger partial charge in [-0.05, 0) is 81.3 Å². The third-order valence-corrected chi connectivity index (χ3v) is 14.4. The second-order valence-corrected chi connectivity index (χ2v) is 26.3. The van der Waals surface area contributed by atoms with Crippen molar-refractivity contribution in [1.29, 1.82) is 0 Å². The van der Waals surface area contributed by atoms with Crippen molar-refractivity contribution >= 4 is 46.8 Å². The molecule has 434 valence electrons. The van der Waals surface area contributed by atoms with Gasteiger partial charge in [0, 0.05) is 25.3 Å². The van der Waals surface area contributed by atoms with Gasteiger partial charge >= 0.3 is 29.8 Å². The molecule has 16 heteroatoms. The Bertz CT molecular complexity index is 1600. The number of unbranched alkanes of at least 4 members (excludes halogenated alkanes) is 4. The Kier molecular flexibility index (Phi) is 34.8. The zero-order valence-electron chi connectivity index (χ0n) is 49.7. The Morgan fingerprint density at radius 2 is 0.784 bits per heavy atom. The summed E-state index contributed by atoms with van der Waals surface area (Å²) in [6.07, 6.45) is 11.9. The fourth-order valence-electron chi connectivity index (χ4n) is 8.19. The number of hydrogen-bond donors (Lipinski definition) is 1. The highest BCUT2D eigenvalue weighted by molar-refractivity contribution is 8.13. The highest BCUT2D eigenvalue weighted by Gasteiger charge is 2.35. The molecule has 1 amide bonds. The lowest BCUT2D eigenvalue weighted by molar-refractivity contribution is -0.172. The molecular formula is C58H108N2O13S. The van der Waals surface area contributed by atoms with Gasteiger partial charge in [0.15, 0.2) is 6.29 Å². The van der Waals surface area contributed by atoms with E-state index in [1.165, 1.54) is 4.90 Å². The predicted molar refractivity (Wildman–Crippen MR) is 296 cm³/mol. The number of carbonyl (C=O) groups excluding carboxylic acids is 6. The van der Waals surface area contributed by atoms with E-state index in [0.717, 1.165) is 102 Å². The molecule has 0 aromatic carbocycles. The summed E-state index contributed by atoms with van der Waals surface area (Å²) in [6.45, 7) is 28.2. The van der Waals surface area contributed by atoms with Crippen LogP contribution in [0.25, 0.3) is 0 Å². The topological polar surface area (TPSA) is 185 Å². The summed E-state index contributed by atoms with van der Waals surface area (Å²) in [7, 11) is 3.90. The summed E-state index contributed by atoms with van der Waals surface area (Å²) in [4.78, 5) is 83.4. The standard InChI is InChI=1S/C58H108N2O13S/c1-17-21-28-53(5,6)36-48(63)70-42-57(13,43-71-49(64)37-54(7,8)29-22-18-2)40-68-46(61)26-33-60(52(67)74-35-25-32-59(15)16)34-27-47(62)69-41-58(14,44-72-50(65)38-55(9,10)30-23-19-3)45-73-51(66)39-56(11,12)31-24-20-4/h48,63H,17-45H2,1-16H3. The summed E-state index contributed by atoms with van der Waals surface area (Å²) in [5.41, 5.74) is -3.00. The molecular weight excluding hydrogens is 965 g/mol. The zero-order chi connectivity index (χ0) is 56.7. The summed E-state index contributed by atoms with van der Waals surface area (Å²) in [5.74, 6) is -1.85. The van der Waals surface area contributed by atoms with Crippen LogP contribution in [0, 0.1) is 32.5 Å². The van der Waals surface area contributed by atoms with E-state index < -0.39 is 29.1 Å². The van der Waals surface area contributed by atoms with Crippen molar-refractivity contribution in [2.24, 2.45) is 32.5 Å². The van der Waals surface area contributed by atoms with Crippen molar-refractivity contribution in [2.45, 2.75) is 225 Å². The van der Waals surface area contributed by atoms with Gasteiger partial charge < -0.3 is 43.3 Å². The highest BCUT2D eigenvalue weighted by atomic mass is 32.2. The molecule has 0 fully saturated rings. The van der Waals surface area contributed by atoms with E-state index in [0.29, 0.717) is 12.2 Å². The first kappa shape index (κ1) is 71.0. The Morgan fingerprint density at radius 1 is 0.459 bits per heavy atom. The first-order chi connectivity index (χ1) is 34.3. The zero-order valence-corrected chi connectivity index (χ0v) is 50.5. The van der Waals surface area contributed by atoms with E-state index in [4.69, 9.17) is 28.4 Å². The van der Waals surface area contributed by atoms with Crippen LogP contribution in [-0.2, 0) is 52.4 Å². The molecule has 0 saturated heterocycles. The molecule has 0 spiro atoms. The lowest BCUT2D eigenvalue weighted by atomic mass is 9.83. The highest BCUT2D eigenvalue weighted by Crippen LogP contribution is 2.33. The number of hydrogen-bond acceptors (Lipinski definition) is 15. The minimum atomic E-state index is -1.08. The van der Waals surface area contributed by atoms with E-state index in [1.807, 2.05) is 60.5 Å². The van der Waals surface area contributed by atoms with Crippen LogP contribution in [0.4, 0.5) is 4.79 Å². The average Bonchev–Trinajstić information content (AvgIpc) is 3.31. The van der Waals surface area contributed by atoms with Gasteiger partial charge in [-0.3, -0.25) is 28.8 Å². The van der Waals surface area contributed by atoms with Crippen molar-refractivity contribution < 1.29 is 62.3 Å². The summed E-state index contributed by atoms with van der Waals surface area (Å²) < 4.78 is 34.9. The molecule has 0 aliphatic carbocycles. The first-order valence-electron chi connectivity index (χ1n) is 28.0. The van der Waals surface area contributed by atoms with Crippen LogP contribution < -0.4 is 0 Å². The molecule has 0 heterocycles. The number of ether oxygens (including phenoxy) is 6. The molecule has 0 radical (unpaired) electrons. The van der Waals surface area contributed by atoms with E-state index in [-0.39, 0.29) is 130 Å². The predicted octanol–water partition coefficient (Wildman–Crippen LogP) is 12.4. The smallest absolute Gasteiger partial charge is 0.307 e. The van der Waals surface area contributed by atoms with Crippen LogP contribution in [0.1, 0.15) is 219 Å². The maximum atomic E-state index is 13.7. The molecule has 0 bridgehead atoms. The number of nitrogens with zero attached hydrogens (tertiary/aromatic N) is 2. The van der Waals surface area contributed by atoms with Crippen molar-refractivity contribution in [3.8, 4) is 0 Å². The van der Waals surface area contributed by atoms with E-state index in [2.05, 4.69) is 41.5 Å². The third-order valence-electron chi connectivity index (χ3n) is 13.4. The monoisotopic (exact) mass is 1070 g/mol. The average molecular weight is 1070 g/mol. The van der Waals surface area contributed by atoms with Gasteiger partial charge in [0.05, 0.1) is 49.5 Å². The Balaban J connectivity index is 6.15. The van der Waals surface area contributed by atoms with Crippen LogP contribution >= 0.6 is 11.8 Å². The molecule has 74 heavy (non-hydrogen) atoms. The lowest BCUT2D eigenvalue weighted by Crippen LogP contribution is -2.39. The van der Waals surface area contributed by atoms with Gasteiger partial charge in [0.1, 0.15) is 33.0 Å². The molecule has 0 rings (SSSR count). The van der Waals surface area contributed by atoms with E-state index in [1.54, 1.807) is 13.8 Å². The van der Waals surface area contributed by atoms with E-state index >= 15 is 0 Å². The molecule has 0 aliphatic rings. The summed E-state index contributed by atoms with van der Waals surface area (Å²) in [6, 6.07) is 0. The molecule has 15 nitrogen and oxygen atoms in total. The van der Waals surface area contributed by atoms with Crippen LogP contribution in [0.2, 0.25) is 0 Å². The van der Waals surface area contributed by atoms with Gasteiger partial charge in [0.25, 0.3) is 5.24 Å².